The van der Waals surface area contributed by atoms with Gasteiger partial charge in [0, 0.05) is 13.1 Å². The summed E-state index contributed by atoms with van der Waals surface area (Å²) in [5.41, 5.74) is 4.23. The predicted octanol–water partition coefficient (Wildman–Crippen LogP) is 6.46. The molecular weight excluding hydrogens is 302 g/mol. The first-order valence-electron chi connectivity index (χ1n) is 9.57. The number of allylic oxidation sites excluding steroid dienone is 2. The predicted molar refractivity (Wildman–Crippen MR) is 109 cm³/mol. The van der Waals surface area contributed by atoms with Crippen LogP contribution in [0.25, 0.3) is 0 Å². The normalized spacial score (nSPS) is 12.2. The zero-order chi connectivity index (χ0) is 17.9. The van der Waals surface area contributed by atoms with Gasteiger partial charge in [-0.15, -0.1) is 0 Å². The van der Waals surface area contributed by atoms with Crippen LogP contribution in [-0.4, -0.2) is 11.4 Å². The highest BCUT2D eigenvalue weighted by Crippen LogP contribution is 2.16. The summed E-state index contributed by atoms with van der Waals surface area (Å²) in [5, 5.41) is 0. The second-order valence-electron chi connectivity index (χ2n) is 7.43. The minimum atomic E-state index is 0.768. The van der Waals surface area contributed by atoms with E-state index in [1.807, 2.05) is 0 Å². The average Bonchev–Trinajstić information content (AvgIpc) is 2.61. The lowest BCUT2D eigenvalue weighted by atomic mass is 10.0. The van der Waals surface area contributed by atoms with Crippen LogP contribution in [-0.2, 0) is 13.1 Å². The molecule has 1 heteroatoms. The molecule has 0 aliphatic rings. The molecule has 1 nitrogen and oxygen atoms in total. The minimum Gasteiger partial charge on any atom is -0.295 e. The standard InChI is InChI=1S/C24H33N/c1-21(2)11-10-12-22(3)17-18-25(19-23-13-6-4-7-14-23)20-24-15-8-5-9-16-24/h4-9,11,13-16,22H,10,12,17-20H2,1-3H3/t22-/m1/s1. The van der Waals surface area contributed by atoms with Gasteiger partial charge in [0.2, 0.25) is 0 Å². The van der Waals surface area contributed by atoms with Crippen molar-refractivity contribution in [2.24, 2.45) is 5.92 Å². The molecule has 2 aromatic rings. The molecule has 0 saturated heterocycles. The first-order chi connectivity index (χ1) is 12.1. The van der Waals surface area contributed by atoms with Gasteiger partial charge in [-0.2, -0.15) is 0 Å². The van der Waals surface area contributed by atoms with Crippen molar-refractivity contribution in [3.05, 3.63) is 83.4 Å². The zero-order valence-electron chi connectivity index (χ0n) is 16.1. The highest BCUT2D eigenvalue weighted by atomic mass is 15.1. The van der Waals surface area contributed by atoms with E-state index in [-0.39, 0.29) is 0 Å². The van der Waals surface area contributed by atoms with E-state index >= 15 is 0 Å². The van der Waals surface area contributed by atoms with Crippen LogP contribution >= 0.6 is 0 Å². The smallest absolute Gasteiger partial charge is 0.0237 e. The van der Waals surface area contributed by atoms with Crippen molar-refractivity contribution in [3.8, 4) is 0 Å². The van der Waals surface area contributed by atoms with Gasteiger partial charge >= 0.3 is 0 Å². The topological polar surface area (TPSA) is 3.24 Å². The number of rotatable bonds is 10. The van der Waals surface area contributed by atoms with Gasteiger partial charge in [0.25, 0.3) is 0 Å². The number of hydrogen-bond donors (Lipinski definition) is 0. The summed E-state index contributed by atoms with van der Waals surface area (Å²) < 4.78 is 0. The molecule has 0 heterocycles. The Balaban J connectivity index is 1.90. The van der Waals surface area contributed by atoms with E-state index in [1.165, 1.54) is 36.0 Å². The van der Waals surface area contributed by atoms with Crippen molar-refractivity contribution in [1.82, 2.24) is 4.90 Å². The number of hydrogen-bond acceptors (Lipinski definition) is 1. The molecule has 0 amide bonds. The first kappa shape index (κ1) is 19.5. The summed E-state index contributed by atoms with van der Waals surface area (Å²) in [4.78, 5) is 2.59. The highest BCUT2D eigenvalue weighted by molar-refractivity contribution is 5.17. The maximum Gasteiger partial charge on any atom is 0.0237 e. The van der Waals surface area contributed by atoms with Crippen molar-refractivity contribution in [2.45, 2.75) is 53.1 Å². The Hall–Kier alpha value is -1.86. The molecule has 0 N–H and O–H groups in total. The summed E-state index contributed by atoms with van der Waals surface area (Å²) in [6, 6.07) is 21.7. The maximum absolute atomic E-state index is 2.59. The van der Waals surface area contributed by atoms with Crippen LogP contribution in [0.3, 0.4) is 0 Å². The third-order valence-corrected chi connectivity index (χ3v) is 4.65. The minimum absolute atomic E-state index is 0.768. The molecule has 0 saturated carbocycles. The van der Waals surface area contributed by atoms with Crippen LogP contribution in [0.15, 0.2) is 72.3 Å². The lowest BCUT2D eigenvalue weighted by Crippen LogP contribution is -2.25. The van der Waals surface area contributed by atoms with Crippen molar-refractivity contribution in [1.29, 1.82) is 0 Å². The number of nitrogens with zero attached hydrogens (tertiary/aromatic N) is 1. The lowest BCUT2D eigenvalue weighted by molar-refractivity contribution is 0.236. The zero-order valence-corrected chi connectivity index (χ0v) is 16.1. The summed E-state index contributed by atoms with van der Waals surface area (Å²) >= 11 is 0. The van der Waals surface area contributed by atoms with Gasteiger partial charge in [-0.1, -0.05) is 79.2 Å². The molecule has 134 valence electrons. The highest BCUT2D eigenvalue weighted by Gasteiger charge is 2.10. The monoisotopic (exact) mass is 335 g/mol. The van der Waals surface area contributed by atoms with Gasteiger partial charge in [-0.3, -0.25) is 4.90 Å². The third-order valence-electron chi connectivity index (χ3n) is 4.65. The quantitative estimate of drug-likeness (QED) is 0.450. The van der Waals surface area contributed by atoms with Crippen molar-refractivity contribution in [3.63, 3.8) is 0 Å². The second kappa shape index (κ2) is 10.9. The van der Waals surface area contributed by atoms with E-state index in [9.17, 15) is 0 Å². The molecule has 0 radical (unpaired) electrons. The van der Waals surface area contributed by atoms with Crippen molar-refractivity contribution >= 4 is 0 Å². The van der Waals surface area contributed by atoms with E-state index in [2.05, 4.69) is 92.4 Å². The van der Waals surface area contributed by atoms with Crippen LogP contribution < -0.4 is 0 Å². The Labute approximate surface area is 154 Å². The van der Waals surface area contributed by atoms with Gasteiger partial charge in [-0.05, 0) is 56.7 Å². The Morgan fingerprint density at radius 2 is 1.36 bits per heavy atom. The molecule has 1 atom stereocenters. The molecule has 0 fully saturated rings. The lowest BCUT2D eigenvalue weighted by Gasteiger charge is -2.24. The SMILES string of the molecule is CC(C)=CCC[C@@H](C)CCN(Cc1ccccc1)Cc1ccccc1. The molecule has 25 heavy (non-hydrogen) atoms. The summed E-state index contributed by atoms with van der Waals surface area (Å²) in [6.07, 6.45) is 6.12. The average molecular weight is 336 g/mol. The fraction of sp³-hybridized carbons (Fsp3) is 0.417. The molecule has 2 rings (SSSR count). The van der Waals surface area contributed by atoms with E-state index in [0.29, 0.717) is 0 Å². The van der Waals surface area contributed by atoms with Gasteiger partial charge in [0.05, 0.1) is 0 Å². The molecule has 0 aliphatic carbocycles. The Morgan fingerprint density at radius 3 is 1.84 bits per heavy atom. The molecule has 0 aromatic heterocycles. The fourth-order valence-corrected chi connectivity index (χ4v) is 3.10. The van der Waals surface area contributed by atoms with Crippen LogP contribution in [0.1, 0.15) is 51.2 Å². The van der Waals surface area contributed by atoms with Crippen molar-refractivity contribution in [2.75, 3.05) is 6.54 Å². The first-order valence-corrected chi connectivity index (χ1v) is 9.57. The van der Waals surface area contributed by atoms with Crippen LogP contribution in [0, 0.1) is 5.92 Å². The van der Waals surface area contributed by atoms with Crippen molar-refractivity contribution < 1.29 is 0 Å². The molecular formula is C24H33N. The van der Waals surface area contributed by atoms with Crippen LogP contribution in [0.5, 0.6) is 0 Å². The number of benzene rings is 2. The second-order valence-corrected chi connectivity index (χ2v) is 7.43. The Morgan fingerprint density at radius 1 is 0.840 bits per heavy atom. The Bertz CT molecular complexity index is 570. The molecule has 0 spiro atoms. The van der Waals surface area contributed by atoms with Gasteiger partial charge in [0.1, 0.15) is 0 Å². The third kappa shape index (κ3) is 8.18. The van der Waals surface area contributed by atoms with Gasteiger partial charge < -0.3 is 0 Å². The maximum atomic E-state index is 2.59. The molecule has 0 unspecified atom stereocenters. The van der Waals surface area contributed by atoms with E-state index < -0.39 is 0 Å². The molecule has 0 bridgehead atoms. The van der Waals surface area contributed by atoms with Gasteiger partial charge in [-0.25, -0.2) is 0 Å². The van der Waals surface area contributed by atoms with E-state index in [1.54, 1.807) is 0 Å². The summed E-state index contributed by atoms with van der Waals surface area (Å²) in [6.45, 7) is 9.97. The van der Waals surface area contributed by atoms with Crippen LogP contribution in [0.4, 0.5) is 0 Å². The van der Waals surface area contributed by atoms with E-state index in [0.717, 1.165) is 25.6 Å². The molecule has 2 aromatic carbocycles. The fourth-order valence-electron chi connectivity index (χ4n) is 3.10. The Kier molecular flexibility index (Phi) is 8.48. The van der Waals surface area contributed by atoms with E-state index in [4.69, 9.17) is 0 Å². The summed E-state index contributed by atoms with van der Waals surface area (Å²) in [7, 11) is 0. The summed E-state index contributed by atoms with van der Waals surface area (Å²) in [5.74, 6) is 0.768. The largest absolute Gasteiger partial charge is 0.295 e. The molecule has 0 aliphatic heterocycles. The van der Waals surface area contributed by atoms with Gasteiger partial charge in [0.15, 0.2) is 0 Å². The van der Waals surface area contributed by atoms with Crippen LogP contribution in [0.2, 0.25) is 0 Å².